The second-order valence-corrected chi connectivity index (χ2v) is 3.00. The lowest BCUT2D eigenvalue weighted by Gasteiger charge is -2.08. The van der Waals surface area contributed by atoms with Gasteiger partial charge in [0.25, 0.3) is 0 Å². The minimum Gasteiger partial charge on any atom is -0.478 e. The van der Waals surface area contributed by atoms with Crippen molar-refractivity contribution in [3.63, 3.8) is 0 Å². The molecule has 0 aliphatic heterocycles. The van der Waals surface area contributed by atoms with Crippen LogP contribution < -0.4 is 5.48 Å². The fraction of sp³-hybridized carbons (Fsp3) is 0.750. The Morgan fingerprint density at radius 2 is 2.25 bits per heavy atom. The molecule has 0 fully saturated rings. The Kier molecular flexibility index (Phi) is 8.71. The third-order valence-corrected chi connectivity index (χ3v) is 1.70. The molecule has 0 aliphatic rings. The number of hydrogen-bond donors (Lipinski definition) is 1. The number of hydrogen-bond acceptors (Lipinski definition) is 3. The molecule has 4 heteroatoms. The van der Waals surface area contributed by atoms with Gasteiger partial charge in [-0.05, 0) is 26.3 Å². The molecule has 1 N–H and O–H groups in total. The zero-order chi connectivity index (χ0) is 9.23. The maximum atomic E-state index is 5.05. The summed E-state index contributed by atoms with van der Waals surface area (Å²) in [7, 11) is 0. The Morgan fingerprint density at radius 3 is 2.83 bits per heavy atom. The van der Waals surface area contributed by atoms with Crippen molar-refractivity contribution in [1.29, 1.82) is 0 Å². The minimum absolute atomic E-state index is 0.469. The molecule has 0 aromatic heterocycles. The highest BCUT2D eigenvalue weighted by atomic mass is 79.9. The van der Waals surface area contributed by atoms with Crippen molar-refractivity contribution < 1.29 is 9.57 Å². The molecule has 3 nitrogen and oxygen atoms in total. The van der Waals surface area contributed by atoms with Crippen molar-refractivity contribution in [1.82, 2.24) is 5.48 Å². The highest BCUT2D eigenvalue weighted by molar-refractivity contribution is 9.09. The van der Waals surface area contributed by atoms with E-state index in [-0.39, 0.29) is 0 Å². The van der Waals surface area contributed by atoms with Gasteiger partial charge in [0.2, 0.25) is 5.88 Å². The van der Waals surface area contributed by atoms with E-state index < -0.39 is 0 Å². The van der Waals surface area contributed by atoms with Crippen LogP contribution >= 0.6 is 15.9 Å². The van der Waals surface area contributed by atoms with Crippen LogP contribution in [-0.4, -0.2) is 18.5 Å². The van der Waals surface area contributed by atoms with Crippen LogP contribution in [0.15, 0.2) is 12.5 Å². The summed E-state index contributed by atoms with van der Waals surface area (Å²) in [6, 6.07) is 0. The van der Waals surface area contributed by atoms with Crippen LogP contribution in [0.3, 0.4) is 0 Å². The van der Waals surface area contributed by atoms with Gasteiger partial charge in [-0.15, -0.1) is 0 Å². The van der Waals surface area contributed by atoms with E-state index in [0.717, 1.165) is 18.2 Å². The molecule has 0 atom stereocenters. The summed E-state index contributed by atoms with van der Waals surface area (Å²) in [5.74, 6) is 0.469. The second-order valence-electron chi connectivity index (χ2n) is 2.20. The number of rotatable bonds is 8. The monoisotopic (exact) mass is 237 g/mol. The number of alkyl halides is 1. The Bertz CT molecular complexity index is 120. The lowest BCUT2D eigenvalue weighted by molar-refractivity contribution is 0.0154. The predicted octanol–water partition coefficient (Wildman–Crippen LogP) is 2.19. The fourth-order valence-electron chi connectivity index (χ4n) is 0.604. The van der Waals surface area contributed by atoms with Gasteiger partial charge in [0.15, 0.2) is 0 Å². The molecule has 0 aromatic rings. The van der Waals surface area contributed by atoms with Crippen molar-refractivity contribution in [3.05, 3.63) is 12.5 Å². The average molecular weight is 238 g/mol. The summed E-state index contributed by atoms with van der Waals surface area (Å²) in [6.07, 6.45) is 2.14. The van der Waals surface area contributed by atoms with E-state index in [1.165, 1.54) is 0 Å². The number of hydroxylamine groups is 1. The summed E-state index contributed by atoms with van der Waals surface area (Å²) in [4.78, 5) is 5.05. The lowest BCUT2D eigenvalue weighted by atomic mass is 10.4. The van der Waals surface area contributed by atoms with Crippen LogP contribution in [-0.2, 0) is 9.57 Å². The van der Waals surface area contributed by atoms with Crippen LogP contribution in [0.25, 0.3) is 0 Å². The van der Waals surface area contributed by atoms with Gasteiger partial charge in [0, 0.05) is 5.33 Å². The first-order valence-electron chi connectivity index (χ1n) is 4.06. The SMILES string of the molecule is C=C(NOCCCCBr)OCC. The quantitative estimate of drug-likeness (QED) is 0.304. The van der Waals surface area contributed by atoms with E-state index in [2.05, 4.69) is 28.0 Å². The van der Waals surface area contributed by atoms with Gasteiger partial charge in [-0.2, -0.15) is 0 Å². The molecule has 0 saturated carbocycles. The van der Waals surface area contributed by atoms with E-state index in [4.69, 9.17) is 9.57 Å². The van der Waals surface area contributed by atoms with Gasteiger partial charge in [0.1, 0.15) is 0 Å². The Labute approximate surface area is 82.2 Å². The molecule has 0 unspecified atom stereocenters. The first kappa shape index (κ1) is 11.8. The van der Waals surface area contributed by atoms with Crippen molar-refractivity contribution in [3.8, 4) is 0 Å². The molecule has 0 aliphatic carbocycles. The van der Waals surface area contributed by atoms with Crippen LogP contribution in [0.4, 0.5) is 0 Å². The van der Waals surface area contributed by atoms with Crippen molar-refractivity contribution in [2.75, 3.05) is 18.5 Å². The maximum absolute atomic E-state index is 5.05. The summed E-state index contributed by atoms with van der Waals surface area (Å²) >= 11 is 3.34. The fourth-order valence-corrected chi connectivity index (χ4v) is 1.00. The molecular weight excluding hydrogens is 222 g/mol. The third kappa shape index (κ3) is 7.88. The topological polar surface area (TPSA) is 30.5 Å². The average Bonchev–Trinajstić information content (AvgIpc) is 2.05. The Hall–Kier alpha value is -0.220. The van der Waals surface area contributed by atoms with Crippen molar-refractivity contribution in [2.24, 2.45) is 0 Å². The number of halogens is 1. The Balaban J connectivity index is 3.03. The first-order valence-corrected chi connectivity index (χ1v) is 5.18. The zero-order valence-electron chi connectivity index (χ0n) is 7.44. The van der Waals surface area contributed by atoms with E-state index in [0.29, 0.717) is 19.1 Å². The smallest absolute Gasteiger partial charge is 0.203 e. The summed E-state index contributed by atoms with van der Waals surface area (Å²) in [5.41, 5.74) is 2.61. The van der Waals surface area contributed by atoms with Crippen molar-refractivity contribution in [2.45, 2.75) is 19.8 Å². The molecule has 72 valence electrons. The largest absolute Gasteiger partial charge is 0.478 e. The van der Waals surface area contributed by atoms with E-state index >= 15 is 0 Å². The number of nitrogens with one attached hydrogen (secondary N) is 1. The molecule has 12 heavy (non-hydrogen) atoms. The van der Waals surface area contributed by atoms with Crippen LogP contribution in [0.5, 0.6) is 0 Å². The highest BCUT2D eigenvalue weighted by Crippen LogP contribution is 1.94. The molecule has 0 spiro atoms. The normalized spacial score (nSPS) is 9.50. The van der Waals surface area contributed by atoms with Gasteiger partial charge < -0.3 is 4.74 Å². The molecule has 0 rings (SSSR count). The molecule has 0 amide bonds. The van der Waals surface area contributed by atoms with Crippen LogP contribution in [0, 0.1) is 0 Å². The maximum Gasteiger partial charge on any atom is 0.203 e. The summed E-state index contributed by atoms with van der Waals surface area (Å²) in [6.45, 7) is 6.78. The molecular formula is C8H16BrNO2. The first-order chi connectivity index (χ1) is 5.81. The zero-order valence-corrected chi connectivity index (χ0v) is 9.02. The molecule has 0 saturated heterocycles. The van der Waals surface area contributed by atoms with E-state index in [1.54, 1.807) is 0 Å². The van der Waals surface area contributed by atoms with Crippen LogP contribution in [0.2, 0.25) is 0 Å². The standard InChI is InChI=1S/C8H16BrNO2/c1-3-11-8(2)10-12-7-5-4-6-9/h10H,2-7H2,1H3. The predicted molar refractivity (Wildman–Crippen MR) is 52.9 cm³/mol. The van der Waals surface area contributed by atoms with Gasteiger partial charge in [-0.25, -0.2) is 5.48 Å². The summed E-state index contributed by atoms with van der Waals surface area (Å²) in [5, 5.41) is 1.02. The van der Waals surface area contributed by atoms with Crippen LogP contribution in [0.1, 0.15) is 19.8 Å². The minimum atomic E-state index is 0.469. The summed E-state index contributed by atoms with van der Waals surface area (Å²) < 4.78 is 5.01. The van der Waals surface area contributed by atoms with E-state index in [9.17, 15) is 0 Å². The van der Waals surface area contributed by atoms with Gasteiger partial charge >= 0.3 is 0 Å². The van der Waals surface area contributed by atoms with Gasteiger partial charge in [-0.1, -0.05) is 15.9 Å². The second kappa shape index (κ2) is 8.87. The number of ether oxygens (including phenoxy) is 1. The molecule has 0 heterocycles. The molecule has 0 radical (unpaired) electrons. The third-order valence-electron chi connectivity index (χ3n) is 1.13. The van der Waals surface area contributed by atoms with Gasteiger partial charge in [0.05, 0.1) is 13.2 Å². The van der Waals surface area contributed by atoms with Gasteiger partial charge in [-0.3, -0.25) is 4.84 Å². The highest BCUT2D eigenvalue weighted by Gasteiger charge is 1.91. The van der Waals surface area contributed by atoms with E-state index in [1.807, 2.05) is 6.92 Å². The Morgan fingerprint density at radius 1 is 1.50 bits per heavy atom. The lowest BCUT2D eigenvalue weighted by Crippen LogP contribution is -2.16. The number of unbranched alkanes of at least 4 members (excludes halogenated alkanes) is 1. The van der Waals surface area contributed by atoms with Crippen molar-refractivity contribution >= 4 is 15.9 Å². The molecule has 0 aromatic carbocycles. The molecule has 0 bridgehead atoms.